The van der Waals surface area contributed by atoms with Crippen molar-refractivity contribution in [2.24, 2.45) is 0 Å². The number of carbonyl (C=O) groups excluding carboxylic acids is 1. The standard InChI is InChI=1S/C16H17NO/c1-16(2,17-15-6-4-3-5-7-15)14-10-8-13(12-18)9-11-14/h3-12,17H,1-2H3. The molecule has 0 spiro atoms. The number of hydrogen-bond donors (Lipinski definition) is 1. The second-order valence-corrected chi connectivity index (χ2v) is 4.86. The van der Waals surface area contributed by atoms with E-state index < -0.39 is 0 Å². The van der Waals surface area contributed by atoms with E-state index >= 15 is 0 Å². The van der Waals surface area contributed by atoms with Crippen LogP contribution in [0.5, 0.6) is 0 Å². The van der Waals surface area contributed by atoms with Crippen LogP contribution >= 0.6 is 0 Å². The van der Waals surface area contributed by atoms with Gasteiger partial charge in [-0.05, 0) is 31.5 Å². The van der Waals surface area contributed by atoms with E-state index in [1.165, 1.54) is 0 Å². The zero-order valence-electron chi connectivity index (χ0n) is 10.7. The highest BCUT2D eigenvalue weighted by atomic mass is 16.1. The molecule has 0 aromatic heterocycles. The normalized spacial score (nSPS) is 11.0. The van der Waals surface area contributed by atoms with E-state index in [1.807, 2.05) is 54.6 Å². The first kappa shape index (κ1) is 12.4. The van der Waals surface area contributed by atoms with Gasteiger partial charge in [0.05, 0.1) is 5.54 Å². The highest BCUT2D eigenvalue weighted by Crippen LogP contribution is 2.25. The minimum Gasteiger partial charge on any atom is -0.376 e. The van der Waals surface area contributed by atoms with Crippen molar-refractivity contribution in [1.29, 1.82) is 0 Å². The summed E-state index contributed by atoms with van der Waals surface area (Å²) in [5, 5.41) is 3.48. The molecule has 0 atom stereocenters. The maximum absolute atomic E-state index is 10.6. The molecule has 0 aliphatic carbocycles. The molecule has 1 N–H and O–H groups in total. The summed E-state index contributed by atoms with van der Waals surface area (Å²) in [7, 11) is 0. The number of aldehydes is 1. The lowest BCUT2D eigenvalue weighted by atomic mass is 9.93. The van der Waals surface area contributed by atoms with E-state index in [-0.39, 0.29) is 5.54 Å². The van der Waals surface area contributed by atoms with Crippen LogP contribution in [0.25, 0.3) is 0 Å². The molecular formula is C16H17NO. The third-order valence-electron chi connectivity index (χ3n) is 3.00. The fourth-order valence-electron chi connectivity index (χ4n) is 1.93. The predicted molar refractivity (Wildman–Crippen MR) is 74.9 cm³/mol. The Bertz CT molecular complexity index is 515. The number of nitrogens with one attached hydrogen (secondary N) is 1. The zero-order valence-corrected chi connectivity index (χ0v) is 10.7. The van der Waals surface area contributed by atoms with Crippen molar-refractivity contribution < 1.29 is 4.79 Å². The number of carbonyl (C=O) groups is 1. The van der Waals surface area contributed by atoms with Gasteiger partial charge in [-0.1, -0.05) is 42.5 Å². The van der Waals surface area contributed by atoms with Gasteiger partial charge in [-0.3, -0.25) is 4.79 Å². The van der Waals surface area contributed by atoms with E-state index in [9.17, 15) is 4.79 Å². The third-order valence-corrected chi connectivity index (χ3v) is 3.00. The summed E-state index contributed by atoms with van der Waals surface area (Å²) < 4.78 is 0. The summed E-state index contributed by atoms with van der Waals surface area (Å²) in [6.07, 6.45) is 0.863. The Balaban J connectivity index is 2.21. The summed E-state index contributed by atoms with van der Waals surface area (Å²) in [6, 6.07) is 17.8. The first-order valence-electron chi connectivity index (χ1n) is 6.01. The lowest BCUT2D eigenvalue weighted by Crippen LogP contribution is -2.27. The Morgan fingerprint density at radius 2 is 1.56 bits per heavy atom. The molecule has 0 radical (unpaired) electrons. The van der Waals surface area contributed by atoms with Crippen molar-refractivity contribution in [3.63, 3.8) is 0 Å². The SMILES string of the molecule is CC(C)(Nc1ccccc1)c1ccc(C=O)cc1. The molecule has 0 bridgehead atoms. The van der Waals surface area contributed by atoms with Crippen molar-refractivity contribution in [2.45, 2.75) is 19.4 Å². The Morgan fingerprint density at radius 3 is 2.11 bits per heavy atom. The van der Waals surface area contributed by atoms with Gasteiger partial charge < -0.3 is 5.32 Å². The highest BCUT2D eigenvalue weighted by molar-refractivity contribution is 5.74. The van der Waals surface area contributed by atoms with Gasteiger partial charge in [0, 0.05) is 11.3 Å². The summed E-state index contributed by atoms with van der Waals surface area (Å²) in [5.74, 6) is 0. The molecule has 92 valence electrons. The highest BCUT2D eigenvalue weighted by Gasteiger charge is 2.19. The molecule has 2 aromatic rings. The lowest BCUT2D eigenvalue weighted by molar-refractivity contribution is 0.112. The molecule has 0 aliphatic heterocycles. The quantitative estimate of drug-likeness (QED) is 0.821. The van der Waals surface area contributed by atoms with Gasteiger partial charge in [-0.2, -0.15) is 0 Å². The van der Waals surface area contributed by atoms with Crippen molar-refractivity contribution in [2.75, 3.05) is 5.32 Å². The van der Waals surface area contributed by atoms with Crippen LogP contribution in [0.1, 0.15) is 29.8 Å². The van der Waals surface area contributed by atoms with Crippen molar-refractivity contribution >= 4 is 12.0 Å². The van der Waals surface area contributed by atoms with Gasteiger partial charge in [0.25, 0.3) is 0 Å². The molecule has 18 heavy (non-hydrogen) atoms. The van der Waals surface area contributed by atoms with Gasteiger partial charge in [0.1, 0.15) is 6.29 Å². The van der Waals surface area contributed by atoms with E-state index in [4.69, 9.17) is 0 Å². The topological polar surface area (TPSA) is 29.1 Å². The smallest absolute Gasteiger partial charge is 0.150 e. The average Bonchev–Trinajstić information content (AvgIpc) is 2.39. The van der Waals surface area contributed by atoms with Crippen molar-refractivity contribution in [3.05, 3.63) is 65.7 Å². The average molecular weight is 239 g/mol. The Kier molecular flexibility index (Phi) is 3.47. The van der Waals surface area contributed by atoms with Gasteiger partial charge >= 0.3 is 0 Å². The van der Waals surface area contributed by atoms with Crippen LogP contribution < -0.4 is 5.32 Å². The molecule has 2 rings (SSSR count). The Labute approximate surface area is 108 Å². The van der Waals surface area contributed by atoms with Gasteiger partial charge in [-0.15, -0.1) is 0 Å². The summed E-state index contributed by atoms with van der Waals surface area (Å²) >= 11 is 0. The minimum atomic E-state index is -0.178. The summed E-state index contributed by atoms with van der Waals surface area (Å²) in [6.45, 7) is 4.24. The van der Waals surface area contributed by atoms with E-state index in [0.29, 0.717) is 5.56 Å². The van der Waals surface area contributed by atoms with Crippen LogP contribution in [0.3, 0.4) is 0 Å². The van der Waals surface area contributed by atoms with Crippen LogP contribution in [0, 0.1) is 0 Å². The summed E-state index contributed by atoms with van der Waals surface area (Å²) in [5.41, 5.74) is 2.76. The second kappa shape index (κ2) is 5.05. The van der Waals surface area contributed by atoms with Crippen LogP contribution in [0.4, 0.5) is 5.69 Å². The number of para-hydroxylation sites is 1. The first-order valence-corrected chi connectivity index (χ1v) is 6.01. The van der Waals surface area contributed by atoms with Crippen molar-refractivity contribution in [3.8, 4) is 0 Å². The summed E-state index contributed by atoms with van der Waals surface area (Å²) in [4.78, 5) is 10.6. The van der Waals surface area contributed by atoms with Crippen molar-refractivity contribution in [1.82, 2.24) is 0 Å². The fourth-order valence-corrected chi connectivity index (χ4v) is 1.93. The monoisotopic (exact) mass is 239 g/mol. The number of anilines is 1. The van der Waals surface area contributed by atoms with Crippen LogP contribution in [0.15, 0.2) is 54.6 Å². The van der Waals surface area contributed by atoms with E-state index in [1.54, 1.807) is 0 Å². The zero-order chi connectivity index (χ0) is 13.0. The number of benzene rings is 2. The predicted octanol–water partition coefficient (Wildman–Crippen LogP) is 3.85. The third kappa shape index (κ3) is 2.77. The van der Waals surface area contributed by atoms with Gasteiger partial charge in [0.2, 0.25) is 0 Å². The maximum atomic E-state index is 10.6. The molecule has 0 amide bonds. The van der Waals surface area contributed by atoms with E-state index in [0.717, 1.165) is 17.5 Å². The molecule has 0 unspecified atom stereocenters. The lowest BCUT2D eigenvalue weighted by Gasteiger charge is -2.28. The molecule has 0 saturated heterocycles. The molecule has 2 aromatic carbocycles. The molecule has 0 heterocycles. The van der Waals surface area contributed by atoms with Gasteiger partial charge in [-0.25, -0.2) is 0 Å². The fraction of sp³-hybridized carbons (Fsp3) is 0.188. The molecule has 2 heteroatoms. The number of hydrogen-bond acceptors (Lipinski definition) is 2. The van der Waals surface area contributed by atoms with Crippen LogP contribution in [-0.2, 0) is 5.54 Å². The van der Waals surface area contributed by atoms with Gasteiger partial charge in [0.15, 0.2) is 0 Å². The molecule has 0 saturated carbocycles. The molecular weight excluding hydrogens is 222 g/mol. The van der Waals surface area contributed by atoms with Crippen LogP contribution in [-0.4, -0.2) is 6.29 Å². The van der Waals surface area contributed by atoms with E-state index in [2.05, 4.69) is 19.2 Å². The molecule has 0 fully saturated rings. The Morgan fingerprint density at radius 1 is 0.944 bits per heavy atom. The first-order chi connectivity index (χ1) is 8.62. The maximum Gasteiger partial charge on any atom is 0.150 e. The molecule has 2 nitrogen and oxygen atoms in total. The Hall–Kier alpha value is -2.09. The number of rotatable bonds is 4. The second-order valence-electron chi connectivity index (χ2n) is 4.86. The molecule has 0 aliphatic rings. The minimum absolute atomic E-state index is 0.178. The largest absolute Gasteiger partial charge is 0.376 e. The van der Waals surface area contributed by atoms with Crippen LogP contribution in [0.2, 0.25) is 0 Å².